The number of aromatic nitrogens is 1. The van der Waals surface area contributed by atoms with Crippen LogP contribution in [0.1, 0.15) is 11.1 Å². The Bertz CT molecular complexity index is 1050. The fourth-order valence-electron chi connectivity index (χ4n) is 3.63. The van der Waals surface area contributed by atoms with Gasteiger partial charge in [-0.15, -0.1) is 0 Å². The Hall–Kier alpha value is -3.48. The zero-order valence-electron chi connectivity index (χ0n) is 15.3. The topological polar surface area (TPSA) is 60.2 Å². The van der Waals surface area contributed by atoms with Gasteiger partial charge in [0, 0.05) is 18.3 Å². The van der Waals surface area contributed by atoms with Crippen LogP contribution in [0.4, 0.5) is 13.2 Å². The van der Waals surface area contributed by atoms with Gasteiger partial charge in [-0.1, -0.05) is 30.3 Å². The van der Waals surface area contributed by atoms with Crippen LogP contribution in [0.3, 0.4) is 0 Å². The second kappa shape index (κ2) is 7.50. The molecule has 0 spiro atoms. The third kappa shape index (κ3) is 3.76. The van der Waals surface area contributed by atoms with E-state index in [0.29, 0.717) is 17.9 Å². The van der Waals surface area contributed by atoms with Crippen molar-refractivity contribution in [3.63, 3.8) is 0 Å². The van der Waals surface area contributed by atoms with Crippen molar-refractivity contribution in [1.29, 1.82) is 0 Å². The normalized spacial score (nSPS) is 18.4. The van der Waals surface area contributed by atoms with E-state index in [1.54, 1.807) is 18.3 Å². The lowest BCUT2D eigenvalue weighted by Gasteiger charge is -2.28. The van der Waals surface area contributed by atoms with E-state index in [-0.39, 0.29) is 5.75 Å². The Morgan fingerprint density at radius 3 is 2.45 bits per heavy atom. The van der Waals surface area contributed by atoms with E-state index >= 15 is 0 Å². The smallest absolute Gasteiger partial charge is 0.387 e. The molecule has 1 atom stereocenters. The number of alkyl halides is 2. The number of ether oxygens (including phenoxy) is 1. The van der Waals surface area contributed by atoms with Gasteiger partial charge in [-0.3, -0.25) is 4.98 Å². The van der Waals surface area contributed by atoms with Crippen LogP contribution < -0.4 is 15.8 Å². The molecule has 7 heteroatoms. The molecule has 2 heterocycles. The minimum absolute atomic E-state index is 0.0846. The van der Waals surface area contributed by atoms with Crippen molar-refractivity contribution in [2.75, 3.05) is 6.54 Å². The van der Waals surface area contributed by atoms with Crippen LogP contribution in [0.15, 0.2) is 78.9 Å². The first-order valence-corrected chi connectivity index (χ1v) is 8.95. The highest BCUT2D eigenvalue weighted by atomic mass is 19.3. The average molecular weight is 397 g/mol. The maximum atomic E-state index is 13.6. The second-order valence-corrected chi connectivity index (χ2v) is 6.80. The molecule has 0 amide bonds. The number of pyridine rings is 1. The third-order valence-electron chi connectivity index (χ3n) is 4.98. The summed E-state index contributed by atoms with van der Waals surface area (Å²) in [7, 11) is 0. The number of rotatable bonds is 5. The number of nitrogens with one attached hydrogen (secondary N) is 1. The summed E-state index contributed by atoms with van der Waals surface area (Å²) in [6, 6.07) is 15.6. The van der Waals surface area contributed by atoms with Crippen LogP contribution in [0.25, 0.3) is 11.1 Å². The van der Waals surface area contributed by atoms with Gasteiger partial charge in [0.1, 0.15) is 11.6 Å². The van der Waals surface area contributed by atoms with Gasteiger partial charge in [0.2, 0.25) is 0 Å². The first-order chi connectivity index (χ1) is 14.0. The van der Waals surface area contributed by atoms with Gasteiger partial charge < -0.3 is 15.8 Å². The second-order valence-electron chi connectivity index (χ2n) is 6.80. The summed E-state index contributed by atoms with van der Waals surface area (Å²) in [5.41, 5.74) is 8.67. The molecule has 1 aliphatic rings. The minimum atomic E-state index is -2.88. The fraction of sp³-hybridized carbons (Fsp3) is 0.136. The van der Waals surface area contributed by atoms with Gasteiger partial charge in [0.15, 0.2) is 0 Å². The standard InChI is InChI=1S/C22H18F3N3O/c23-18-9-15(11-27-12-18)14-2-1-3-17(8-14)22(10-20(26)28-13-22)16-4-6-19(7-5-16)29-21(24)25/h1-12,21,28H,13,26H2. The van der Waals surface area contributed by atoms with Crippen molar-refractivity contribution >= 4 is 0 Å². The molecule has 0 saturated carbocycles. The van der Waals surface area contributed by atoms with Crippen LogP contribution in [0.5, 0.6) is 5.75 Å². The number of nitrogens with two attached hydrogens (primary N) is 1. The largest absolute Gasteiger partial charge is 0.435 e. The Morgan fingerprint density at radius 1 is 1.00 bits per heavy atom. The van der Waals surface area contributed by atoms with E-state index in [4.69, 9.17) is 5.73 Å². The van der Waals surface area contributed by atoms with E-state index in [2.05, 4.69) is 15.0 Å². The van der Waals surface area contributed by atoms with Crippen molar-refractivity contribution < 1.29 is 17.9 Å². The van der Waals surface area contributed by atoms with Gasteiger partial charge in [-0.2, -0.15) is 8.78 Å². The molecule has 0 aliphatic carbocycles. The molecule has 1 aromatic heterocycles. The molecule has 29 heavy (non-hydrogen) atoms. The van der Waals surface area contributed by atoms with E-state index in [9.17, 15) is 13.2 Å². The van der Waals surface area contributed by atoms with Gasteiger partial charge in [0.25, 0.3) is 0 Å². The summed E-state index contributed by atoms with van der Waals surface area (Å²) in [6.07, 6.45) is 4.66. The Labute approximate surface area is 165 Å². The average Bonchev–Trinajstić information content (AvgIpc) is 3.11. The summed E-state index contributed by atoms with van der Waals surface area (Å²) < 4.78 is 43.0. The summed E-state index contributed by atoms with van der Waals surface area (Å²) in [5, 5.41) is 3.14. The van der Waals surface area contributed by atoms with Crippen molar-refractivity contribution in [3.05, 3.63) is 95.8 Å². The predicted octanol–water partition coefficient (Wildman–Crippen LogP) is 4.18. The number of halogens is 3. The molecule has 0 bridgehead atoms. The molecule has 1 unspecified atom stereocenters. The van der Waals surface area contributed by atoms with E-state index in [0.717, 1.165) is 22.9 Å². The van der Waals surface area contributed by atoms with Crippen LogP contribution in [0, 0.1) is 5.82 Å². The highest BCUT2D eigenvalue weighted by Gasteiger charge is 2.36. The molecular formula is C22H18F3N3O. The number of hydrogen-bond donors (Lipinski definition) is 2. The maximum Gasteiger partial charge on any atom is 0.387 e. The highest BCUT2D eigenvalue weighted by molar-refractivity contribution is 5.65. The Kier molecular flexibility index (Phi) is 4.88. The molecule has 1 aliphatic heterocycles. The van der Waals surface area contributed by atoms with E-state index in [1.165, 1.54) is 18.2 Å². The van der Waals surface area contributed by atoms with E-state index < -0.39 is 17.8 Å². The Morgan fingerprint density at radius 2 is 1.79 bits per heavy atom. The fourth-order valence-corrected chi connectivity index (χ4v) is 3.63. The van der Waals surface area contributed by atoms with Gasteiger partial charge in [0.05, 0.1) is 17.4 Å². The highest BCUT2D eigenvalue weighted by Crippen LogP contribution is 2.39. The maximum absolute atomic E-state index is 13.6. The predicted molar refractivity (Wildman–Crippen MR) is 104 cm³/mol. The molecule has 2 aromatic carbocycles. The van der Waals surface area contributed by atoms with Crippen LogP contribution in [0.2, 0.25) is 0 Å². The SMILES string of the molecule is NC1=CC(c2ccc(OC(F)F)cc2)(c2cccc(-c3cncc(F)c3)c2)CN1. The van der Waals surface area contributed by atoms with Gasteiger partial charge in [-0.05, 0) is 47.0 Å². The molecule has 3 aromatic rings. The molecule has 4 nitrogen and oxygen atoms in total. The first-order valence-electron chi connectivity index (χ1n) is 8.95. The number of nitrogens with zero attached hydrogens (tertiary/aromatic N) is 1. The molecule has 0 saturated heterocycles. The zero-order valence-corrected chi connectivity index (χ0v) is 15.3. The van der Waals surface area contributed by atoms with Crippen molar-refractivity contribution in [2.24, 2.45) is 5.73 Å². The van der Waals surface area contributed by atoms with Crippen LogP contribution >= 0.6 is 0 Å². The Balaban J connectivity index is 1.77. The van der Waals surface area contributed by atoms with Crippen LogP contribution in [-0.2, 0) is 5.41 Å². The van der Waals surface area contributed by atoms with Crippen molar-refractivity contribution in [3.8, 4) is 16.9 Å². The quantitative estimate of drug-likeness (QED) is 0.678. The van der Waals surface area contributed by atoms with Crippen LogP contribution in [-0.4, -0.2) is 18.1 Å². The third-order valence-corrected chi connectivity index (χ3v) is 4.98. The zero-order chi connectivity index (χ0) is 20.4. The molecule has 4 rings (SSSR count). The first kappa shape index (κ1) is 18.9. The lowest BCUT2D eigenvalue weighted by atomic mass is 9.75. The minimum Gasteiger partial charge on any atom is -0.435 e. The summed E-state index contributed by atoms with van der Waals surface area (Å²) in [4.78, 5) is 3.91. The van der Waals surface area contributed by atoms with Crippen molar-refractivity contribution in [1.82, 2.24) is 10.3 Å². The van der Waals surface area contributed by atoms with Crippen molar-refractivity contribution in [2.45, 2.75) is 12.0 Å². The summed E-state index contributed by atoms with van der Waals surface area (Å²) in [6.45, 7) is -2.38. The van der Waals surface area contributed by atoms with Gasteiger partial charge in [-0.25, -0.2) is 4.39 Å². The summed E-state index contributed by atoms with van der Waals surface area (Å²) in [5.74, 6) is 0.195. The lowest BCUT2D eigenvalue weighted by Crippen LogP contribution is -2.31. The molecule has 3 N–H and O–H groups in total. The molecule has 0 fully saturated rings. The van der Waals surface area contributed by atoms with E-state index in [1.807, 2.05) is 30.3 Å². The number of hydrogen-bond acceptors (Lipinski definition) is 4. The monoisotopic (exact) mass is 397 g/mol. The number of benzene rings is 2. The molecular weight excluding hydrogens is 379 g/mol. The van der Waals surface area contributed by atoms with Gasteiger partial charge >= 0.3 is 6.61 Å². The molecule has 148 valence electrons. The lowest BCUT2D eigenvalue weighted by molar-refractivity contribution is -0.0498. The molecule has 0 radical (unpaired) electrons. The summed E-state index contributed by atoms with van der Waals surface area (Å²) >= 11 is 0.